The molecule has 2 heteroatoms. The van der Waals surface area contributed by atoms with Gasteiger partial charge in [0.2, 0.25) is 0 Å². The fourth-order valence-corrected chi connectivity index (χ4v) is 1.13. The van der Waals surface area contributed by atoms with E-state index in [1.165, 1.54) is 11.1 Å². The zero-order chi connectivity index (χ0) is 9.68. The summed E-state index contributed by atoms with van der Waals surface area (Å²) < 4.78 is 5.44. The molecule has 0 aromatic heterocycles. The Morgan fingerprint density at radius 2 is 2.08 bits per heavy atom. The van der Waals surface area contributed by atoms with Gasteiger partial charge in [0.1, 0.15) is 0 Å². The van der Waals surface area contributed by atoms with Gasteiger partial charge in [-0.15, -0.1) is 0 Å². The first-order valence-electron chi connectivity index (χ1n) is 4.58. The van der Waals surface area contributed by atoms with Gasteiger partial charge >= 0.3 is 0 Å². The van der Waals surface area contributed by atoms with Gasteiger partial charge in [-0.2, -0.15) is 0 Å². The number of nitrogens with two attached hydrogens (primary N) is 1. The molecule has 0 aliphatic rings. The van der Waals surface area contributed by atoms with Gasteiger partial charge in [0.05, 0.1) is 13.2 Å². The molecule has 0 unspecified atom stereocenters. The summed E-state index contributed by atoms with van der Waals surface area (Å²) in [5.41, 5.74) is 8.08. The summed E-state index contributed by atoms with van der Waals surface area (Å²) in [6, 6.07) is 8.34. The molecule has 1 atom stereocenters. The molecule has 0 fully saturated rings. The van der Waals surface area contributed by atoms with Gasteiger partial charge in [0, 0.05) is 6.04 Å². The number of aryl methyl sites for hydroxylation is 1. The monoisotopic (exact) mass is 179 g/mol. The molecule has 1 rings (SSSR count). The largest absolute Gasteiger partial charge is 0.375 e. The average Bonchev–Trinajstić information content (AvgIpc) is 2.08. The average molecular weight is 179 g/mol. The molecule has 0 saturated carbocycles. The summed E-state index contributed by atoms with van der Waals surface area (Å²) in [5, 5.41) is 0. The molecule has 72 valence electrons. The second-order valence-electron chi connectivity index (χ2n) is 3.42. The van der Waals surface area contributed by atoms with Gasteiger partial charge in [-0.05, 0) is 25.0 Å². The van der Waals surface area contributed by atoms with Crippen molar-refractivity contribution in [3.05, 3.63) is 35.4 Å². The van der Waals surface area contributed by atoms with Crippen LogP contribution in [0.4, 0.5) is 0 Å². The fraction of sp³-hybridized carbons (Fsp3) is 0.455. The third-order valence-electron chi connectivity index (χ3n) is 1.90. The Morgan fingerprint density at radius 3 is 2.69 bits per heavy atom. The first-order valence-corrected chi connectivity index (χ1v) is 4.58. The Balaban J connectivity index is 2.41. The van der Waals surface area contributed by atoms with Crippen molar-refractivity contribution in [3.8, 4) is 0 Å². The maximum atomic E-state index is 5.57. The molecule has 1 aromatic rings. The minimum Gasteiger partial charge on any atom is -0.375 e. The number of hydrogen-bond donors (Lipinski definition) is 1. The van der Waals surface area contributed by atoms with Crippen LogP contribution < -0.4 is 5.73 Å². The van der Waals surface area contributed by atoms with E-state index in [0.29, 0.717) is 13.2 Å². The standard InChI is InChI=1S/C11H17NO/c1-9-5-3-4-6-11(9)8-13-7-10(2)12/h3-6,10H,7-8,12H2,1-2H3/t10-/m1/s1. The lowest BCUT2D eigenvalue weighted by molar-refractivity contribution is 0.111. The van der Waals surface area contributed by atoms with Crippen LogP contribution in [0.5, 0.6) is 0 Å². The van der Waals surface area contributed by atoms with Crippen LogP contribution in [0.3, 0.4) is 0 Å². The van der Waals surface area contributed by atoms with Crippen LogP contribution in [-0.2, 0) is 11.3 Å². The maximum Gasteiger partial charge on any atom is 0.0720 e. The highest BCUT2D eigenvalue weighted by molar-refractivity contribution is 5.24. The van der Waals surface area contributed by atoms with Gasteiger partial charge in [0.15, 0.2) is 0 Å². The molecule has 0 radical (unpaired) electrons. The molecule has 0 amide bonds. The molecular weight excluding hydrogens is 162 g/mol. The molecule has 0 bridgehead atoms. The number of rotatable bonds is 4. The van der Waals surface area contributed by atoms with Gasteiger partial charge in [-0.25, -0.2) is 0 Å². The highest BCUT2D eigenvalue weighted by Gasteiger charge is 1.98. The van der Waals surface area contributed by atoms with Crippen molar-refractivity contribution in [1.82, 2.24) is 0 Å². The van der Waals surface area contributed by atoms with Gasteiger partial charge in [0.25, 0.3) is 0 Å². The fourth-order valence-electron chi connectivity index (χ4n) is 1.13. The van der Waals surface area contributed by atoms with Crippen molar-refractivity contribution in [2.24, 2.45) is 5.73 Å². The summed E-state index contributed by atoms with van der Waals surface area (Å²) in [7, 11) is 0. The maximum absolute atomic E-state index is 5.57. The molecule has 2 nitrogen and oxygen atoms in total. The molecule has 13 heavy (non-hydrogen) atoms. The Kier molecular flexibility index (Phi) is 3.93. The number of hydrogen-bond acceptors (Lipinski definition) is 2. The normalized spacial score (nSPS) is 12.8. The third-order valence-corrected chi connectivity index (χ3v) is 1.90. The highest BCUT2D eigenvalue weighted by Crippen LogP contribution is 2.07. The molecule has 2 N–H and O–H groups in total. The molecule has 0 aliphatic heterocycles. The summed E-state index contributed by atoms with van der Waals surface area (Å²) >= 11 is 0. The summed E-state index contributed by atoms with van der Waals surface area (Å²) in [4.78, 5) is 0. The number of ether oxygens (including phenoxy) is 1. The lowest BCUT2D eigenvalue weighted by Gasteiger charge is -2.08. The zero-order valence-corrected chi connectivity index (χ0v) is 8.29. The van der Waals surface area contributed by atoms with Crippen LogP contribution in [0.25, 0.3) is 0 Å². The van der Waals surface area contributed by atoms with Crippen LogP contribution in [0.1, 0.15) is 18.1 Å². The zero-order valence-electron chi connectivity index (χ0n) is 8.29. The lowest BCUT2D eigenvalue weighted by Crippen LogP contribution is -2.21. The minimum atomic E-state index is 0.115. The van der Waals surface area contributed by atoms with Crippen molar-refractivity contribution in [2.45, 2.75) is 26.5 Å². The SMILES string of the molecule is Cc1ccccc1COC[C@@H](C)N. The second-order valence-corrected chi connectivity index (χ2v) is 3.42. The Labute approximate surface area is 79.7 Å². The van der Waals surface area contributed by atoms with Crippen molar-refractivity contribution in [2.75, 3.05) is 6.61 Å². The van der Waals surface area contributed by atoms with E-state index in [0.717, 1.165) is 0 Å². The predicted octanol–water partition coefficient (Wildman–Crippen LogP) is 1.86. The van der Waals surface area contributed by atoms with Gasteiger partial charge in [-0.3, -0.25) is 0 Å². The quantitative estimate of drug-likeness (QED) is 0.765. The second kappa shape index (κ2) is 5.00. The van der Waals surface area contributed by atoms with Crippen LogP contribution >= 0.6 is 0 Å². The minimum absolute atomic E-state index is 0.115. The Morgan fingerprint density at radius 1 is 1.38 bits per heavy atom. The van der Waals surface area contributed by atoms with E-state index in [1.54, 1.807) is 0 Å². The van der Waals surface area contributed by atoms with Crippen LogP contribution in [0, 0.1) is 6.92 Å². The molecular formula is C11H17NO. The van der Waals surface area contributed by atoms with Crippen LogP contribution in [0.2, 0.25) is 0 Å². The van der Waals surface area contributed by atoms with E-state index in [1.807, 2.05) is 19.1 Å². The van der Waals surface area contributed by atoms with E-state index in [9.17, 15) is 0 Å². The van der Waals surface area contributed by atoms with Crippen LogP contribution in [0.15, 0.2) is 24.3 Å². The van der Waals surface area contributed by atoms with Gasteiger partial charge in [-0.1, -0.05) is 24.3 Å². The molecule has 0 aliphatic carbocycles. The van der Waals surface area contributed by atoms with Gasteiger partial charge < -0.3 is 10.5 Å². The van der Waals surface area contributed by atoms with Crippen molar-refractivity contribution in [3.63, 3.8) is 0 Å². The first kappa shape index (κ1) is 10.2. The Hall–Kier alpha value is -0.860. The summed E-state index contributed by atoms with van der Waals surface area (Å²) in [6.45, 7) is 5.31. The number of benzene rings is 1. The van der Waals surface area contributed by atoms with E-state index < -0.39 is 0 Å². The highest BCUT2D eigenvalue weighted by atomic mass is 16.5. The molecule has 0 heterocycles. The summed E-state index contributed by atoms with van der Waals surface area (Å²) in [5.74, 6) is 0. The Bertz CT molecular complexity index is 258. The van der Waals surface area contributed by atoms with E-state index in [4.69, 9.17) is 10.5 Å². The van der Waals surface area contributed by atoms with Crippen molar-refractivity contribution >= 4 is 0 Å². The van der Waals surface area contributed by atoms with Crippen molar-refractivity contribution < 1.29 is 4.74 Å². The molecule has 0 spiro atoms. The first-order chi connectivity index (χ1) is 6.20. The predicted molar refractivity (Wildman–Crippen MR) is 54.5 cm³/mol. The molecule has 1 aromatic carbocycles. The van der Waals surface area contributed by atoms with Crippen molar-refractivity contribution in [1.29, 1.82) is 0 Å². The van der Waals surface area contributed by atoms with E-state index in [-0.39, 0.29) is 6.04 Å². The van der Waals surface area contributed by atoms with E-state index >= 15 is 0 Å². The summed E-state index contributed by atoms with van der Waals surface area (Å²) in [6.07, 6.45) is 0. The third kappa shape index (κ3) is 3.57. The lowest BCUT2D eigenvalue weighted by atomic mass is 10.1. The molecule has 0 saturated heterocycles. The smallest absolute Gasteiger partial charge is 0.0720 e. The van der Waals surface area contributed by atoms with E-state index in [2.05, 4.69) is 19.1 Å². The van der Waals surface area contributed by atoms with Crippen LogP contribution in [-0.4, -0.2) is 12.6 Å². The topological polar surface area (TPSA) is 35.2 Å².